The number of carbonyl (C=O) groups is 1. The minimum absolute atomic E-state index is 0.0211. The van der Waals surface area contributed by atoms with Crippen molar-refractivity contribution >= 4 is 23.5 Å². The molecule has 0 saturated heterocycles. The molecule has 150 valence electrons. The Morgan fingerprint density at radius 3 is 2.76 bits per heavy atom. The van der Waals surface area contributed by atoms with Gasteiger partial charge in [0, 0.05) is 16.9 Å². The lowest BCUT2D eigenvalue weighted by Gasteiger charge is -2.19. The van der Waals surface area contributed by atoms with E-state index in [0.717, 1.165) is 33.8 Å². The van der Waals surface area contributed by atoms with Gasteiger partial charge < -0.3 is 10.1 Å². The third-order valence-electron chi connectivity index (χ3n) is 4.70. The predicted octanol–water partition coefficient (Wildman–Crippen LogP) is 3.86. The summed E-state index contributed by atoms with van der Waals surface area (Å²) in [5.41, 5.74) is 5.17. The minimum Gasteiger partial charge on any atom is -0.482 e. The number of rotatable bonds is 6. The Kier molecular flexibility index (Phi) is 5.55. The van der Waals surface area contributed by atoms with Gasteiger partial charge in [-0.25, -0.2) is 4.39 Å². The van der Waals surface area contributed by atoms with Gasteiger partial charge in [-0.15, -0.1) is 0 Å². The number of benzene rings is 2. The van der Waals surface area contributed by atoms with Crippen LogP contribution >= 0.6 is 11.9 Å². The molecule has 0 saturated carbocycles. The van der Waals surface area contributed by atoms with Crippen LogP contribution in [0.2, 0.25) is 0 Å². The normalized spacial score (nSPS) is 13.0. The summed E-state index contributed by atoms with van der Waals surface area (Å²) >= 11 is 1.60. The number of nitrogens with one attached hydrogen (secondary N) is 2. The summed E-state index contributed by atoms with van der Waals surface area (Å²) in [5.74, 6) is 1.02. The van der Waals surface area contributed by atoms with E-state index in [1.807, 2.05) is 36.9 Å². The number of amides is 1. The van der Waals surface area contributed by atoms with E-state index < -0.39 is 0 Å². The van der Waals surface area contributed by atoms with Gasteiger partial charge in [0.15, 0.2) is 6.61 Å². The van der Waals surface area contributed by atoms with Gasteiger partial charge >= 0.3 is 0 Å². The third-order valence-corrected chi connectivity index (χ3v) is 5.37. The molecule has 1 aromatic heterocycles. The standard InChI is InChI=1S/C21H21FN4O2S/c1-13-20(15-5-8-18-17(11-15)24-19(27)12-28-18)21(14-3-6-16(22)7-4-14)26(25-13)9-10-29-23-2/h3-8,11,23H,9-10,12H2,1-2H3,(H,24,27). The lowest BCUT2D eigenvalue weighted by molar-refractivity contribution is -0.118. The van der Waals surface area contributed by atoms with Gasteiger partial charge in [-0.2, -0.15) is 5.10 Å². The highest BCUT2D eigenvalue weighted by molar-refractivity contribution is 7.97. The van der Waals surface area contributed by atoms with E-state index in [9.17, 15) is 9.18 Å². The average Bonchev–Trinajstić information content (AvgIpc) is 3.04. The van der Waals surface area contributed by atoms with Crippen LogP contribution in [0.5, 0.6) is 5.75 Å². The van der Waals surface area contributed by atoms with Crippen molar-refractivity contribution in [1.82, 2.24) is 14.5 Å². The Morgan fingerprint density at radius 1 is 1.24 bits per heavy atom. The van der Waals surface area contributed by atoms with Gasteiger partial charge in [0.1, 0.15) is 11.6 Å². The van der Waals surface area contributed by atoms with Crippen molar-refractivity contribution in [2.75, 3.05) is 24.7 Å². The van der Waals surface area contributed by atoms with Crippen LogP contribution in [-0.2, 0) is 11.3 Å². The second-order valence-electron chi connectivity index (χ2n) is 6.64. The molecule has 0 unspecified atom stereocenters. The summed E-state index contributed by atoms with van der Waals surface area (Å²) in [5, 5.41) is 7.60. The van der Waals surface area contributed by atoms with Crippen LogP contribution in [0.25, 0.3) is 22.4 Å². The van der Waals surface area contributed by atoms with Crippen LogP contribution in [0.3, 0.4) is 0 Å². The minimum atomic E-state index is -0.280. The van der Waals surface area contributed by atoms with E-state index in [1.54, 1.807) is 24.1 Å². The number of aromatic nitrogens is 2. The lowest BCUT2D eigenvalue weighted by Crippen LogP contribution is -2.25. The number of aryl methyl sites for hydroxylation is 2. The molecule has 6 nitrogen and oxygen atoms in total. The number of nitrogens with zero attached hydrogens (tertiary/aromatic N) is 2. The van der Waals surface area contributed by atoms with Gasteiger partial charge in [-0.3, -0.25) is 14.2 Å². The molecule has 8 heteroatoms. The number of anilines is 1. The fourth-order valence-electron chi connectivity index (χ4n) is 3.46. The highest BCUT2D eigenvalue weighted by Gasteiger charge is 2.22. The molecule has 4 rings (SSSR count). The zero-order valence-electron chi connectivity index (χ0n) is 16.2. The lowest BCUT2D eigenvalue weighted by atomic mass is 9.98. The summed E-state index contributed by atoms with van der Waals surface area (Å²) in [4.78, 5) is 11.7. The third kappa shape index (κ3) is 3.99. The van der Waals surface area contributed by atoms with Crippen LogP contribution in [0.4, 0.5) is 10.1 Å². The van der Waals surface area contributed by atoms with Crippen LogP contribution in [0.1, 0.15) is 5.69 Å². The number of hydrogen-bond donors (Lipinski definition) is 2. The zero-order valence-corrected chi connectivity index (χ0v) is 17.0. The van der Waals surface area contributed by atoms with Crippen LogP contribution in [-0.4, -0.2) is 35.1 Å². The van der Waals surface area contributed by atoms with Crippen molar-refractivity contribution in [3.05, 3.63) is 54.0 Å². The highest BCUT2D eigenvalue weighted by Crippen LogP contribution is 2.39. The first-order valence-electron chi connectivity index (χ1n) is 9.26. The maximum Gasteiger partial charge on any atom is 0.262 e. The Balaban J connectivity index is 1.83. The van der Waals surface area contributed by atoms with Gasteiger partial charge in [0.2, 0.25) is 0 Å². The Bertz CT molecular complexity index is 1050. The summed E-state index contributed by atoms with van der Waals surface area (Å²) in [7, 11) is 1.88. The Hall–Kier alpha value is -2.84. The molecule has 1 amide bonds. The van der Waals surface area contributed by atoms with E-state index in [-0.39, 0.29) is 18.3 Å². The number of carbonyl (C=O) groups excluding carboxylic acids is 1. The van der Waals surface area contributed by atoms with Crippen molar-refractivity contribution in [3.8, 4) is 28.1 Å². The molecule has 2 heterocycles. The zero-order chi connectivity index (χ0) is 20.4. The molecule has 2 N–H and O–H groups in total. The number of halogens is 1. The molecular weight excluding hydrogens is 391 g/mol. The Morgan fingerprint density at radius 2 is 2.00 bits per heavy atom. The van der Waals surface area contributed by atoms with Gasteiger partial charge in [-0.05, 0) is 55.9 Å². The van der Waals surface area contributed by atoms with E-state index in [4.69, 9.17) is 9.84 Å². The first-order valence-corrected chi connectivity index (χ1v) is 10.2. The highest BCUT2D eigenvalue weighted by atomic mass is 32.2. The fourth-order valence-corrected chi connectivity index (χ4v) is 3.93. The number of ether oxygens (including phenoxy) is 1. The molecule has 0 aliphatic carbocycles. The first-order chi connectivity index (χ1) is 14.1. The van der Waals surface area contributed by atoms with Gasteiger partial charge in [-0.1, -0.05) is 18.0 Å². The summed E-state index contributed by atoms with van der Waals surface area (Å²) in [6.07, 6.45) is 0. The monoisotopic (exact) mass is 412 g/mol. The van der Waals surface area contributed by atoms with Crippen molar-refractivity contribution < 1.29 is 13.9 Å². The predicted molar refractivity (Wildman–Crippen MR) is 113 cm³/mol. The molecule has 1 aliphatic rings. The molecule has 0 atom stereocenters. The van der Waals surface area contributed by atoms with Gasteiger partial charge in [0.25, 0.3) is 5.91 Å². The first kappa shape index (κ1) is 19.5. The van der Waals surface area contributed by atoms with E-state index in [0.29, 0.717) is 18.0 Å². The SMILES string of the molecule is CNSCCn1nc(C)c(-c2ccc3c(c2)NC(=O)CO3)c1-c1ccc(F)cc1. The van der Waals surface area contributed by atoms with E-state index in [1.165, 1.54) is 12.1 Å². The van der Waals surface area contributed by atoms with Gasteiger partial charge in [0.05, 0.1) is 23.6 Å². The summed E-state index contributed by atoms with van der Waals surface area (Å²) in [6.45, 7) is 2.68. The number of fused-ring (bicyclic) bond motifs is 1. The van der Waals surface area contributed by atoms with Crippen LogP contribution < -0.4 is 14.8 Å². The molecule has 1 aliphatic heterocycles. The largest absolute Gasteiger partial charge is 0.482 e. The molecule has 2 aromatic carbocycles. The van der Waals surface area contributed by atoms with Crippen molar-refractivity contribution in [3.63, 3.8) is 0 Å². The van der Waals surface area contributed by atoms with Crippen molar-refractivity contribution in [2.45, 2.75) is 13.5 Å². The molecule has 0 radical (unpaired) electrons. The summed E-state index contributed by atoms with van der Waals surface area (Å²) < 4.78 is 24.0. The quantitative estimate of drug-likeness (QED) is 0.475. The maximum atomic E-state index is 13.5. The molecule has 0 fully saturated rings. The second kappa shape index (κ2) is 8.26. The second-order valence-corrected chi connectivity index (χ2v) is 7.74. The van der Waals surface area contributed by atoms with Crippen molar-refractivity contribution in [1.29, 1.82) is 0 Å². The molecular formula is C21H21FN4O2S. The maximum absolute atomic E-state index is 13.5. The number of hydrogen-bond acceptors (Lipinski definition) is 5. The fraction of sp³-hybridized carbons (Fsp3) is 0.238. The Labute approximate surface area is 172 Å². The van der Waals surface area contributed by atoms with E-state index >= 15 is 0 Å². The molecule has 0 spiro atoms. The average molecular weight is 412 g/mol. The van der Waals surface area contributed by atoms with Crippen molar-refractivity contribution in [2.24, 2.45) is 0 Å². The van der Waals surface area contributed by atoms with Crippen LogP contribution in [0.15, 0.2) is 42.5 Å². The molecule has 0 bridgehead atoms. The van der Waals surface area contributed by atoms with E-state index in [2.05, 4.69) is 10.0 Å². The smallest absolute Gasteiger partial charge is 0.262 e. The van der Waals surface area contributed by atoms with Crippen LogP contribution in [0, 0.1) is 12.7 Å². The molecule has 29 heavy (non-hydrogen) atoms. The summed E-state index contributed by atoms with van der Waals surface area (Å²) in [6, 6.07) is 12.1. The topological polar surface area (TPSA) is 68.2 Å². The molecule has 3 aromatic rings.